The zero-order chi connectivity index (χ0) is 41.9. The van der Waals surface area contributed by atoms with Crippen molar-refractivity contribution in [2.24, 2.45) is 12.5 Å². The number of hydrogen-bond donors (Lipinski definition) is 1. The molecule has 0 radical (unpaired) electrons. The van der Waals surface area contributed by atoms with E-state index < -0.39 is 29.7 Å². The monoisotopic (exact) mass is 815 g/mol. The molecule has 314 valence electrons. The van der Waals surface area contributed by atoms with Gasteiger partial charge in [0.1, 0.15) is 23.4 Å². The lowest BCUT2D eigenvalue weighted by atomic mass is 9.61. The van der Waals surface area contributed by atoms with E-state index in [-0.39, 0.29) is 35.6 Å². The number of piperidine rings is 2. The lowest BCUT2D eigenvalue weighted by Gasteiger charge is -2.51. The zero-order valence-corrected chi connectivity index (χ0v) is 34.9. The predicted molar refractivity (Wildman–Crippen MR) is 228 cm³/mol. The highest BCUT2D eigenvalue weighted by atomic mass is 16.5. The number of likely N-dealkylation sites (tertiary alicyclic amines) is 1. The number of ether oxygens (including phenoxy) is 2. The van der Waals surface area contributed by atoms with Crippen molar-refractivity contribution in [1.29, 1.82) is 0 Å². The molecule has 4 aromatic rings. The highest BCUT2D eigenvalue weighted by Gasteiger charge is 2.48. The number of pyridine rings is 2. The summed E-state index contributed by atoms with van der Waals surface area (Å²) >= 11 is 0. The van der Waals surface area contributed by atoms with Crippen molar-refractivity contribution in [2.45, 2.75) is 76.4 Å². The summed E-state index contributed by atoms with van der Waals surface area (Å²) in [6.07, 6.45) is 12.6. The summed E-state index contributed by atoms with van der Waals surface area (Å²) in [5.41, 5.74) is 5.37. The smallest absolute Gasteiger partial charge is 0.262 e. The Hall–Kier alpha value is -5.76. The van der Waals surface area contributed by atoms with Gasteiger partial charge in [-0.15, -0.1) is 0 Å². The summed E-state index contributed by atoms with van der Waals surface area (Å²) in [5.74, 6) is 0.137. The van der Waals surface area contributed by atoms with Crippen LogP contribution < -0.4 is 30.1 Å². The second-order valence-corrected chi connectivity index (χ2v) is 17.6. The van der Waals surface area contributed by atoms with E-state index >= 15 is 0 Å². The Bertz CT molecular complexity index is 2460. The summed E-state index contributed by atoms with van der Waals surface area (Å²) in [5, 5.41) is 3.74. The van der Waals surface area contributed by atoms with Gasteiger partial charge < -0.3 is 28.7 Å². The minimum atomic E-state index is -0.983. The molecule has 1 aliphatic carbocycles. The standard InChI is InChI=1S/C46H53N7O7/c1-49(2)40-23-34-36(26-47-40)43(56)50(3)27-37(34)33-21-29(59-4)22-39-31(33)12-17-52(39)16-7-5-6-15-51-18-13-46(14-19-51)24-30(25-46)60-28-8-9-32-35(20-28)45(58)53(44(32)57)38-10-11-41(54)48-42(38)55/h8-9,20-23,26-27,30,38H,5-7,10-19,24-25H2,1-4H3,(H,48,54,55). The maximum atomic E-state index is 13.3. The van der Waals surface area contributed by atoms with Crippen LogP contribution in [0.4, 0.5) is 11.5 Å². The summed E-state index contributed by atoms with van der Waals surface area (Å²) in [4.78, 5) is 76.1. The van der Waals surface area contributed by atoms with Gasteiger partial charge in [-0.2, -0.15) is 0 Å². The van der Waals surface area contributed by atoms with Crippen molar-refractivity contribution in [2.75, 3.05) is 63.7 Å². The molecule has 1 spiro atoms. The van der Waals surface area contributed by atoms with E-state index in [2.05, 4.69) is 32.2 Å². The van der Waals surface area contributed by atoms with Gasteiger partial charge >= 0.3 is 0 Å². The van der Waals surface area contributed by atoms with E-state index in [1.54, 1.807) is 43.1 Å². The molecule has 1 unspecified atom stereocenters. The van der Waals surface area contributed by atoms with E-state index in [9.17, 15) is 24.0 Å². The van der Waals surface area contributed by atoms with Crippen molar-refractivity contribution in [3.8, 4) is 22.6 Å². The lowest BCUT2D eigenvalue weighted by Crippen LogP contribution is -2.54. The Labute approximate surface area is 349 Å². The molecule has 6 heterocycles. The molecule has 4 amide bonds. The van der Waals surface area contributed by atoms with Crippen LogP contribution in [0, 0.1) is 5.41 Å². The van der Waals surface area contributed by atoms with Gasteiger partial charge in [0.25, 0.3) is 17.4 Å². The third kappa shape index (κ3) is 7.18. The maximum absolute atomic E-state index is 13.3. The fourth-order valence-corrected chi connectivity index (χ4v) is 10.1. The summed E-state index contributed by atoms with van der Waals surface area (Å²) in [7, 11) is 7.43. The number of hydrogen-bond acceptors (Lipinski definition) is 11. The first-order valence-electron chi connectivity index (χ1n) is 21.3. The Kier molecular flexibility index (Phi) is 10.4. The molecule has 60 heavy (non-hydrogen) atoms. The molecule has 14 heteroatoms. The number of unbranched alkanes of at least 4 members (excludes halogenated alkanes) is 2. The van der Waals surface area contributed by atoms with Crippen molar-refractivity contribution in [3.05, 3.63) is 75.8 Å². The third-order valence-corrected chi connectivity index (χ3v) is 13.6. The van der Waals surface area contributed by atoms with Crippen LogP contribution in [0.15, 0.2) is 53.6 Å². The first-order valence-corrected chi connectivity index (χ1v) is 21.3. The maximum Gasteiger partial charge on any atom is 0.262 e. The number of fused-ring (bicyclic) bond motifs is 3. The zero-order valence-electron chi connectivity index (χ0n) is 34.9. The molecule has 4 aliphatic heterocycles. The SMILES string of the molecule is COc1cc(-c2cn(C)c(=O)c3cnc(N(C)C)cc23)c2c(c1)N(CCCCCN1CCC3(CC1)CC(Oc1ccc4c(c1)C(=O)N(C1CCC(=O)NC1=O)C4=O)C3)CC2. The number of anilines is 2. The van der Waals surface area contributed by atoms with Gasteiger partial charge in [0, 0.05) is 75.8 Å². The fourth-order valence-electron chi connectivity index (χ4n) is 10.1. The number of imide groups is 2. The van der Waals surface area contributed by atoms with Gasteiger partial charge in [-0.1, -0.05) is 6.42 Å². The highest BCUT2D eigenvalue weighted by Crippen LogP contribution is 2.50. The number of amides is 4. The number of aryl methyl sites for hydroxylation is 1. The average Bonchev–Trinajstić information content (AvgIpc) is 3.75. The van der Waals surface area contributed by atoms with Crippen LogP contribution in [-0.2, 0) is 23.1 Å². The molecule has 3 fully saturated rings. The number of carbonyl (C=O) groups is 4. The molecular formula is C46H53N7O7. The van der Waals surface area contributed by atoms with Crippen molar-refractivity contribution in [1.82, 2.24) is 24.7 Å². The van der Waals surface area contributed by atoms with Crippen LogP contribution in [0.2, 0.25) is 0 Å². The Balaban J connectivity index is 0.747. The van der Waals surface area contributed by atoms with Gasteiger partial charge in [0.15, 0.2) is 0 Å². The molecule has 14 nitrogen and oxygen atoms in total. The number of benzene rings is 2. The van der Waals surface area contributed by atoms with Crippen LogP contribution in [0.3, 0.4) is 0 Å². The first kappa shape index (κ1) is 39.7. The lowest BCUT2D eigenvalue weighted by molar-refractivity contribution is -0.136. The Morgan fingerprint density at radius 2 is 1.58 bits per heavy atom. The topological polar surface area (TPSA) is 147 Å². The van der Waals surface area contributed by atoms with Crippen LogP contribution in [0.25, 0.3) is 21.9 Å². The van der Waals surface area contributed by atoms with Crippen molar-refractivity contribution < 1.29 is 28.7 Å². The van der Waals surface area contributed by atoms with Gasteiger partial charge in [-0.25, -0.2) is 4.98 Å². The molecule has 2 aromatic carbocycles. The van der Waals surface area contributed by atoms with Crippen molar-refractivity contribution in [3.63, 3.8) is 0 Å². The van der Waals surface area contributed by atoms with Gasteiger partial charge in [-0.05, 0) is 118 Å². The number of methoxy groups -OCH3 is 1. The van der Waals surface area contributed by atoms with Gasteiger partial charge in [0.05, 0.1) is 29.7 Å². The molecule has 9 rings (SSSR count). The molecule has 2 aromatic heterocycles. The van der Waals surface area contributed by atoms with Gasteiger partial charge in [0.2, 0.25) is 11.8 Å². The minimum Gasteiger partial charge on any atom is -0.497 e. The second-order valence-electron chi connectivity index (χ2n) is 17.6. The summed E-state index contributed by atoms with van der Waals surface area (Å²) < 4.78 is 13.8. The van der Waals surface area contributed by atoms with E-state index in [1.165, 1.54) is 11.3 Å². The molecule has 1 atom stereocenters. The van der Waals surface area contributed by atoms with Crippen LogP contribution in [0.1, 0.15) is 84.1 Å². The molecular weight excluding hydrogens is 763 g/mol. The number of rotatable bonds is 12. The van der Waals surface area contributed by atoms with E-state index in [0.717, 1.165) is 117 Å². The molecule has 0 bridgehead atoms. The van der Waals surface area contributed by atoms with Crippen LogP contribution >= 0.6 is 0 Å². The molecule has 2 saturated heterocycles. The molecule has 1 saturated carbocycles. The quantitative estimate of drug-likeness (QED) is 0.154. The Morgan fingerprint density at radius 1 is 0.833 bits per heavy atom. The molecule has 5 aliphatic rings. The average molecular weight is 816 g/mol. The molecule has 1 N–H and O–H groups in total. The Morgan fingerprint density at radius 3 is 2.33 bits per heavy atom. The minimum absolute atomic E-state index is 0.0593. The first-order chi connectivity index (χ1) is 28.9. The third-order valence-electron chi connectivity index (χ3n) is 13.6. The highest BCUT2D eigenvalue weighted by molar-refractivity contribution is 6.23. The van der Waals surface area contributed by atoms with Crippen LogP contribution in [-0.4, -0.2) is 109 Å². The van der Waals surface area contributed by atoms with E-state index in [4.69, 9.17) is 9.47 Å². The number of carbonyl (C=O) groups excluding carboxylic acids is 4. The number of aromatic nitrogens is 2. The normalized spacial score (nSPS) is 20.1. The largest absolute Gasteiger partial charge is 0.497 e. The number of nitrogens with zero attached hydrogens (tertiary/aromatic N) is 6. The van der Waals surface area contributed by atoms with E-state index in [1.807, 2.05) is 31.3 Å². The predicted octanol–water partition coefficient (Wildman–Crippen LogP) is 4.93. The van der Waals surface area contributed by atoms with E-state index in [0.29, 0.717) is 16.6 Å². The fraction of sp³-hybridized carbons (Fsp3) is 0.478. The second kappa shape index (κ2) is 15.7. The van der Waals surface area contributed by atoms with Crippen LogP contribution in [0.5, 0.6) is 11.5 Å². The summed E-state index contributed by atoms with van der Waals surface area (Å²) in [6.45, 7) is 5.22. The number of nitrogens with one attached hydrogen (secondary N) is 1. The van der Waals surface area contributed by atoms with Crippen molar-refractivity contribution >= 4 is 45.9 Å². The van der Waals surface area contributed by atoms with Gasteiger partial charge in [-0.3, -0.25) is 34.2 Å². The summed E-state index contributed by atoms with van der Waals surface area (Å²) in [6, 6.07) is 10.3.